The van der Waals surface area contributed by atoms with Crippen molar-refractivity contribution in [2.45, 2.75) is 24.3 Å². The quantitative estimate of drug-likeness (QED) is 0.769. The standard InChI is InChI=1S/C12H15Cl2NO4S2/c1-3-8(6-20-2)15-21(18,19)10-5-7(13)4-9(11(10)14)12(16)17/h4-5,8,15H,3,6H2,1-2H3,(H,16,17). The van der Waals surface area contributed by atoms with Crippen LogP contribution in [-0.2, 0) is 10.0 Å². The Hall–Kier alpha value is -0.470. The van der Waals surface area contributed by atoms with E-state index in [1.165, 1.54) is 11.8 Å². The second-order valence-corrected chi connectivity index (χ2v) is 7.66. The molecule has 0 radical (unpaired) electrons. The summed E-state index contributed by atoms with van der Waals surface area (Å²) in [6, 6.07) is 1.99. The van der Waals surface area contributed by atoms with Crippen LogP contribution in [0.3, 0.4) is 0 Å². The number of nitrogens with one attached hydrogen (secondary N) is 1. The first kappa shape index (κ1) is 18.6. The Morgan fingerprint density at radius 2 is 2.05 bits per heavy atom. The van der Waals surface area contributed by atoms with Crippen molar-refractivity contribution in [1.82, 2.24) is 4.72 Å². The second kappa shape index (κ2) is 7.69. The lowest BCUT2D eigenvalue weighted by Gasteiger charge is -2.17. The average molecular weight is 372 g/mol. The Balaban J connectivity index is 3.28. The van der Waals surface area contributed by atoms with E-state index in [-0.39, 0.29) is 26.5 Å². The molecule has 0 fully saturated rings. The van der Waals surface area contributed by atoms with Gasteiger partial charge in [-0.05, 0) is 24.8 Å². The number of hydrogen-bond acceptors (Lipinski definition) is 4. The van der Waals surface area contributed by atoms with Gasteiger partial charge in [0.1, 0.15) is 4.90 Å². The predicted molar refractivity (Wildman–Crippen MR) is 86.2 cm³/mol. The van der Waals surface area contributed by atoms with E-state index in [4.69, 9.17) is 28.3 Å². The summed E-state index contributed by atoms with van der Waals surface area (Å²) in [5, 5.41) is 8.68. The Labute approximate surface area is 138 Å². The van der Waals surface area contributed by atoms with Crippen LogP contribution < -0.4 is 4.72 Å². The number of hydrogen-bond donors (Lipinski definition) is 2. The van der Waals surface area contributed by atoms with Crippen molar-refractivity contribution in [3.63, 3.8) is 0 Å². The number of benzene rings is 1. The molecule has 0 bridgehead atoms. The van der Waals surface area contributed by atoms with E-state index < -0.39 is 16.0 Å². The fraction of sp³-hybridized carbons (Fsp3) is 0.417. The summed E-state index contributed by atoms with van der Waals surface area (Å²) in [6.07, 6.45) is 2.47. The number of carbonyl (C=O) groups is 1. The Morgan fingerprint density at radius 3 is 2.52 bits per heavy atom. The van der Waals surface area contributed by atoms with Gasteiger partial charge in [-0.25, -0.2) is 17.9 Å². The van der Waals surface area contributed by atoms with Crippen molar-refractivity contribution < 1.29 is 18.3 Å². The van der Waals surface area contributed by atoms with Gasteiger partial charge in [0.2, 0.25) is 10.0 Å². The van der Waals surface area contributed by atoms with E-state index >= 15 is 0 Å². The van der Waals surface area contributed by atoms with Crippen LogP contribution in [0.2, 0.25) is 10.0 Å². The molecular weight excluding hydrogens is 357 g/mol. The number of thioether (sulfide) groups is 1. The highest BCUT2D eigenvalue weighted by molar-refractivity contribution is 7.98. The minimum absolute atomic E-state index is 0.00455. The first-order valence-corrected chi connectivity index (χ1v) is 9.59. The molecule has 0 aliphatic carbocycles. The van der Waals surface area contributed by atoms with Crippen molar-refractivity contribution in [1.29, 1.82) is 0 Å². The van der Waals surface area contributed by atoms with Crippen molar-refractivity contribution in [3.05, 3.63) is 27.7 Å². The molecule has 0 aliphatic heterocycles. The lowest BCUT2D eigenvalue weighted by Crippen LogP contribution is -2.36. The molecule has 0 saturated carbocycles. The lowest BCUT2D eigenvalue weighted by molar-refractivity contribution is 0.0697. The van der Waals surface area contributed by atoms with Gasteiger partial charge in [-0.2, -0.15) is 11.8 Å². The van der Waals surface area contributed by atoms with Crippen molar-refractivity contribution in [3.8, 4) is 0 Å². The Morgan fingerprint density at radius 1 is 1.43 bits per heavy atom. The van der Waals surface area contributed by atoms with Gasteiger partial charge in [0.25, 0.3) is 0 Å². The van der Waals surface area contributed by atoms with Gasteiger partial charge in [0.05, 0.1) is 10.6 Å². The van der Waals surface area contributed by atoms with E-state index in [1.54, 1.807) is 0 Å². The van der Waals surface area contributed by atoms with Gasteiger partial charge >= 0.3 is 5.97 Å². The minimum atomic E-state index is -3.95. The summed E-state index contributed by atoms with van der Waals surface area (Å²) in [5.74, 6) is -0.741. The highest BCUT2D eigenvalue weighted by Crippen LogP contribution is 2.29. The maximum Gasteiger partial charge on any atom is 0.337 e. The van der Waals surface area contributed by atoms with Crippen molar-refractivity contribution in [2.75, 3.05) is 12.0 Å². The monoisotopic (exact) mass is 371 g/mol. The second-order valence-electron chi connectivity index (χ2n) is 4.25. The van der Waals surface area contributed by atoms with Gasteiger partial charge in [0.15, 0.2) is 0 Å². The summed E-state index contributed by atoms with van der Waals surface area (Å²) < 4.78 is 27.2. The van der Waals surface area contributed by atoms with Crippen LogP contribution in [0.4, 0.5) is 0 Å². The number of halogens is 2. The number of aromatic carboxylic acids is 1. The van der Waals surface area contributed by atoms with Crippen LogP contribution in [0.25, 0.3) is 0 Å². The first-order chi connectivity index (χ1) is 9.72. The van der Waals surface area contributed by atoms with E-state index in [0.29, 0.717) is 12.2 Å². The number of carboxylic acid groups (broad SMARTS) is 1. The molecule has 0 aliphatic rings. The zero-order chi connectivity index (χ0) is 16.2. The fourth-order valence-electron chi connectivity index (χ4n) is 1.63. The zero-order valence-corrected chi connectivity index (χ0v) is 14.5. The van der Waals surface area contributed by atoms with Crippen LogP contribution in [0.1, 0.15) is 23.7 Å². The van der Waals surface area contributed by atoms with Gasteiger partial charge in [-0.15, -0.1) is 0 Å². The topological polar surface area (TPSA) is 83.5 Å². The third-order valence-corrected chi connectivity index (χ3v) is 5.72. The maximum absolute atomic E-state index is 12.4. The number of sulfonamides is 1. The summed E-state index contributed by atoms with van der Waals surface area (Å²) in [6.45, 7) is 1.85. The summed E-state index contributed by atoms with van der Waals surface area (Å²) >= 11 is 13.2. The maximum atomic E-state index is 12.4. The number of rotatable bonds is 7. The molecule has 1 rings (SSSR count). The lowest BCUT2D eigenvalue weighted by atomic mass is 10.2. The van der Waals surface area contributed by atoms with Gasteiger partial charge in [-0.3, -0.25) is 0 Å². The van der Waals surface area contributed by atoms with E-state index in [2.05, 4.69) is 4.72 Å². The highest BCUT2D eigenvalue weighted by Gasteiger charge is 2.25. The van der Waals surface area contributed by atoms with Gasteiger partial charge in [0, 0.05) is 16.8 Å². The van der Waals surface area contributed by atoms with Crippen LogP contribution in [0.5, 0.6) is 0 Å². The predicted octanol–water partition coefficient (Wildman–Crippen LogP) is 3.11. The Kier molecular flexibility index (Phi) is 6.80. The third kappa shape index (κ3) is 4.75. The molecule has 118 valence electrons. The minimum Gasteiger partial charge on any atom is -0.478 e. The smallest absolute Gasteiger partial charge is 0.337 e. The summed E-state index contributed by atoms with van der Waals surface area (Å²) in [4.78, 5) is 10.7. The van der Waals surface area contributed by atoms with Crippen LogP contribution in [0, 0.1) is 0 Å². The molecule has 0 saturated heterocycles. The largest absolute Gasteiger partial charge is 0.478 e. The average Bonchev–Trinajstić information content (AvgIpc) is 2.39. The molecule has 0 aromatic heterocycles. The normalized spacial score (nSPS) is 13.1. The van der Waals surface area contributed by atoms with Crippen molar-refractivity contribution in [2.24, 2.45) is 0 Å². The molecule has 2 N–H and O–H groups in total. The highest BCUT2D eigenvalue weighted by atomic mass is 35.5. The van der Waals surface area contributed by atoms with E-state index in [0.717, 1.165) is 12.1 Å². The third-order valence-electron chi connectivity index (χ3n) is 2.71. The molecule has 0 heterocycles. The van der Waals surface area contributed by atoms with E-state index in [1.807, 2.05) is 13.2 Å². The molecule has 0 spiro atoms. The first-order valence-electron chi connectivity index (χ1n) is 5.96. The molecule has 1 unspecified atom stereocenters. The van der Waals surface area contributed by atoms with Gasteiger partial charge < -0.3 is 5.11 Å². The van der Waals surface area contributed by atoms with E-state index in [9.17, 15) is 13.2 Å². The molecule has 5 nitrogen and oxygen atoms in total. The molecule has 1 atom stereocenters. The summed E-state index contributed by atoms with van der Waals surface area (Å²) in [7, 11) is -3.95. The number of carboxylic acids is 1. The van der Waals surface area contributed by atoms with Gasteiger partial charge in [-0.1, -0.05) is 30.1 Å². The molecule has 21 heavy (non-hydrogen) atoms. The Bertz CT molecular complexity index is 634. The fourth-order valence-corrected chi connectivity index (χ4v) is 4.68. The van der Waals surface area contributed by atoms with Crippen LogP contribution in [0.15, 0.2) is 17.0 Å². The van der Waals surface area contributed by atoms with Crippen molar-refractivity contribution >= 4 is 51.0 Å². The van der Waals surface area contributed by atoms with Crippen LogP contribution in [-0.4, -0.2) is 37.5 Å². The van der Waals surface area contributed by atoms with Crippen LogP contribution >= 0.6 is 35.0 Å². The summed E-state index contributed by atoms with van der Waals surface area (Å²) in [5.41, 5.74) is -0.345. The molecule has 9 heteroatoms. The molecule has 0 amide bonds. The zero-order valence-electron chi connectivity index (χ0n) is 11.4. The molecule has 1 aromatic rings. The molecule has 1 aromatic carbocycles. The SMILES string of the molecule is CCC(CSC)NS(=O)(=O)c1cc(Cl)cc(C(=O)O)c1Cl. The molecular formula is C12H15Cl2NO4S2.